The molecule has 0 bridgehead atoms. The number of hydrogen-bond donors (Lipinski definition) is 1. The number of amides is 1. The molecule has 0 radical (unpaired) electrons. The van der Waals surface area contributed by atoms with E-state index in [1.807, 2.05) is 4.90 Å². The second kappa shape index (κ2) is 7.25. The Labute approximate surface area is 154 Å². The van der Waals surface area contributed by atoms with Gasteiger partial charge in [0.15, 0.2) is 0 Å². The van der Waals surface area contributed by atoms with Gasteiger partial charge in [0, 0.05) is 31.1 Å². The summed E-state index contributed by atoms with van der Waals surface area (Å²) in [5.41, 5.74) is 0.726. The number of benzene rings is 1. The summed E-state index contributed by atoms with van der Waals surface area (Å²) in [6, 6.07) is 6.43. The van der Waals surface area contributed by atoms with Crippen LogP contribution in [0, 0.1) is 11.7 Å². The Hall–Kier alpha value is -1.51. The van der Waals surface area contributed by atoms with Crippen molar-refractivity contribution in [3.05, 3.63) is 35.6 Å². The molecule has 3 rings (SSSR count). The molecule has 1 aromatic carbocycles. The van der Waals surface area contributed by atoms with Gasteiger partial charge in [-0.15, -0.1) is 0 Å². The quantitative estimate of drug-likeness (QED) is 0.858. The van der Waals surface area contributed by atoms with Crippen molar-refractivity contribution in [3.63, 3.8) is 0 Å². The molecule has 0 aliphatic carbocycles. The van der Waals surface area contributed by atoms with Gasteiger partial charge in [-0.1, -0.05) is 12.1 Å². The number of nitrogens with two attached hydrogens (primary N) is 1. The fourth-order valence-electron chi connectivity index (χ4n) is 4.20. The van der Waals surface area contributed by atoms with Crippen molar-refractivity contribution in [1.29, 1.82) is 0 Å². The number of piperidine rings is 1. The maximum atomic E-state index is 13.1. The Morgan fingerprint density at radius 2 is 1.85 bits per heavy atom. The van der Waals surface area contributed by atoms with E-state index in [2.05, 4.69) is 6.92 Å². The molecule has 2 aliphatic heterocycles. The average molecular weight is 383 g/mol. The Morgan fingerprint density at radius 3 is 2.42 bits per heavy atom. The van der Waals surface area contributed by atoms with Crippen LogP contribution in [0.3, 0.4) is 0 Å². The highest BCUT2D eigenvalue weighted by Gasteiger charge is 2.42. The monoisotopic (exact) mass is 383 g/mol. The Kier molecular flexibility index (Phi) is 5.37. The van der Waals surface area contributed by atoms with Crippen molar-refractivity contribution in [2.45, 2.75) is 44.6 Å². The number of rotatable bonds is 4. The fourth-order valence-corrected chi connectivity index (χ4v) is 4.92. The molecule has 2 aliphatic rings. The van der Waals surface area contributed by atoms with Crippen LogP contribution in [-0.2, 0) is 21.4 Å². The molecular formula is C18H26FN3O3S. The molecule has 2 saturated heterocycles. The van der Waals surface area contributed by atoms with Gasteiger partial charge in [0.1, 0.15) is 5.82 Å². The molecular weight excluding hydrogens is 357 g/mol. The lowest BCUT2D eigenvalue weighted by molar-refractivity contribution is -0.140. The van der Waals surface area contributed by atoms with E-state index >= 15 is 0 Å². The minimum Gasteiger partial charge on any atom is -0.337 e. The molecule has 1 amide bonds. The van der Waals surface area contributed by atoms with Crippen LogP contribution in [0.4, 0.5) is 4.39 Å². The molecule has 2 N–H and O–H groups in total. The molecule has 0 aromatic heterocycles. The van der Waals surface area contributed by atoms with Crippen LogP contribution in [0.25, 0.3) is 0 Å². The third kappa shape index (κ3) is 4.07. The second-order valence-corrected chi connectivity index (χ2v) is 9.16. The van der Waals surface area contributed by atoms with Gasteiger partial charge in [-0.2, -0.15) is 12.7 Å². The Morgan fingerprint density at radius 1 is 1.23 bits per heavy atom. The number of carbonyl (C=O) groups excluding carboxylic acids is 1. The normalized spacial score (nSPS) is 25.6. The van der Waals surface area contributed by atoms with Crippen LogP contribution in [0.1, 0.15) is 38.2 Å². The first-order valence-corrected chi connectivity index (χ1v) is 10.5. The van der Waals surface area contributed by atoms with E-state index in [4.69, 9.17) is 5.14 Å². The van der Waals surface area contributed by atoms with Crippen LogP contribution in [0.5, 0.6) is 0 Å². The zero-order valence-corrected chi connectivity index (χ0v) is 15.8. The lowest BCUT2D eigenvalue weighted by Crippen LogP contribution is -2.51. The molecule has 1 unspecified atom stereocenters. The number of nitrogens with zero attached hydrogens (tertiary/aromatic N) is 2. The van der Waals surface area contributed by atoms with Gasteiger partial charge in [-0.3, -0.25) is 4.79 Å². The van der Waals surface area contributed by atoms with E-state index in [1.165, 1.54) is 16.4 Å². The molecule has 144 valence electrons. The van der Waals surface area contributed by atoms with Crippen LogP contribution >= 0.6 is 0 Å². The van der Waals surface area contributed by atoms with Crippen LogP contribution in [0.15, 0.2) is 24.3 Å². The predicted octanol–water partition coefficient (Wildman–Crippen LogP) is 1.66. The van der Waals surface area contributed by atoms with Gasteiger partial charge in [-0.25, -0.2) is 9.53 Å². The van der Waals surface area contributed by atoms with Gasteiger partial charge in [0.2, 0.25) is 5.91 Å². The number of halogens is 1. The van der Waals surface area contributed by atoms with Gasteiger partial charge in [-0.05, 0) is 56.7 Å². The average Bonchev–Trinajstić information content (AvgIpc) is 2.97. The summed E-state index contributed by atoms with van der Waals surface area (Å²) in [5, 5.41) is 5.17. The highest BCUT2D eigenvalue weighted by Crippen LogP contribution is 2.35. The number of carbonyl (C=O) groups is 1. The summed E-state index contributed by atoms with van der Waals surface area (Å²) in [4.78, 5) is 15.0. The summed E-state index contributed by atoms with van der Waals surface area (Å²) < 4.78 is 37.2. The van der Waals surface area contributed by atoms with Crippen molar-refractivity contribution in [2.24, 2.45) is 11.1 Å². The molecule has 1 aromatic rings. The third-order valence-corrected chi connectivity index (χ3v) is 6.76. The molecule has 26 heavy (non-hydrogen) atoms. The van der Waals surface area contributed by atoms with Crippen molar-refractivity contribution >= 4 is 16.1 Å². The number of likely N-dealkylation sites (tertiary alicyclic amines) is 1. The lowest BCUT2D eigenvalue weighted by atomic mass is 9.88. The highest BCUT2D eigenvalue weighted by molar-refractivity contribution is 7.86. The van der Waals surface area contributed by atoms with E-state index in [9.17, 15) is 17.6 Å². The zero-order chi connectivity index (χ0) is 18.9. The molecule has 6 nitrogen and oxygen atoms in total. The smallest absolute Gasteiger partial charge is 0.276 e. The molecule has 2 fully saturated rings. The second-order valence-electron chi connectivity index (χ2n) is 7.61. The summed E-state index contributed by atoms with van der Waals surface area (Å²) in [7, 11) is -3.68. The van der Waals surface area contributed by atoms with Crippen molar-refractivity contribution in [3.8, 4) is 0 Å². The fraction of sp³-hybridized carbons (Fsp3) is 0.611. The van der Waals surface area contributed by atoms with Gasteiger partial charge in [0.25, 0.3) is 10.2 Å². The molecule has 0 spiro atoms. The van der Waals surface area contributed by atoms with E-state index in [0.29, 0.717) is 25.8 Å². The first-order valence-electron chi connectivity index (χ1n) is 9.03. The Bertz CT molecular complexity index is 760. The van der Waals surface area contributed by atoms with Gasteiger partial charge < -0.3 is 4.90 Å². The zero-order valence-electron chi connectivity index (χ0n) is 15.0. The minimum atomic E-state index is -3.68. The lowest BCUT2D eigenvalue weighted by Gasteiger charge is -2.39. The third-order valence-electron chi connectivity index (χ3n) is 5.68. The minimum absolute atomic E-state index is 0.0983. The summed E-state index contributed by atoms with van der Waals surface area (Å²) in [6.07, 6.45) is 3.54. The van der Waals surface area contributed by atoms with E-state index in [1.54, 1.807) is 12.1 Å². The van der Waals surface area contributed by atoms with Gasteiger partial charge in [0.05, 0.1) is 0 Å². The van der Waals surface area contributed by atoms with Crippen LogP contribution < -0.4 is 5.14 Å². The predicted molar refractivity (Wildman–Crippen MR) is 96.9 cm³/mol. The first-order chi connectivity index (χ1) is 12.2. The maximum Gasteiger partial charge on any atom is 0.276 e. The highest BCUT2D eigenvalue weighted by atomic mass is 32.2. The number of hydrogen-bond acceptors (Lipinski definition) is 3. The molecule has 2 heterocycles. The first kappa shape index (κ1) is 19.3. The summed E-state index contributed by atoms with van der Waals surface area (Å²) >= 11 is 0. The topological polar surface area (TPSA) is 83.7 Å². The molecule has 0 saturated carbocycles. The summed E-state index contributed by atoms with van der Waals surface area (Å²) in [6.45, 7) is 3.38. The van der Waals surface area contributed by atoms with E-state index in [0.717, 1.165) is 18.4 Å². The van der Waals surface area contributed by atoms with Gasteiger partial charge >= 0.3 is 0 Å². The standard InChI is InChI=1S/C18H26FN3O3S/c1-18(13-14-3-5-16(19)6-4-14)9-2-10-22(18)17(23)15-7-11-21(12-8-15)26(20,24)25/h3-6,15H,2,7-13H2,1H3,(H2,20,24,25). The maximum absolute atomic E-state index is 13.1. The Balaban J connectivity index is 1.67. The largest absolute Gasteiger partial charge is 0.337 e. The van der Waals surface area contributed by atoms with Crippen LogP contribution in [0.2, 0.25) is 0 Å². The molecule has 8 heteroatoms. The molecule has 1 atom stereocenters. The SMILES string of the molecule is CC1(Cc2ccc(F)cc2)CCCN1C(=O)C1CCN(S(N)(=O)=O)CC1. The van der Waals surface area contributed by atoms with E-state index in [-0.39, 0.29) is 36.3 Å². The van der Waals surface area contributed by atoms with Crippen molar-refractivity contribution in [2.75, 3.05) is 19.6 Å². The van der Waals surface area contributed by atoms with Crippen LogP contribution in [-0.4, -0.2) is 48.7 Å². The van der Waals surface area contributed by atoms with Crippen molar-refractivity contribution in [1.82, 2.24) is 9.21 Å². The summed E-state index contributed by atoms with van der Waals surface area (Å²) in [5.74, 6) is -0.334. The van der Waals surface area contributed by atoms with Crippen molar-refractivity contribution < 1.29 is 17.6 Å². The van der Waals surface area contributed by atoms with E-state index < -0.39 is 10.2 Å².